The van der Waals surface area contributed by atoms with Crippen molar-refractivity contribution in [2.24, 2.45) is 0 Å². The van der Waals surface area contributed by atoms with Crippen LogP contribution in [0, 0.1) is 0 Å². The van der Waals surface area contributed by atoms with E-state index >= 15 is 0 Å². The lowest BCUT2D eigenvalue weighted by Crippen LogP contribution is -2.08. The minimum absolute atomic E-state index is 0.183. The van der Waals surface area contributed by atoms with Crippen molar-refractivity contribution < 1.29 is 4.79 Å². The lowest BCUT2D eigenvalue weighted by Gasteiger charge is -1.77. The number of carbonyl (C=O) groups excluding carboxylic acids is 1. The molecular formula is C5H5NO2S. The van der Waals surface area contributed by atoms with Crippen molar-refractivity contribution in [2.75, 3.05) is 0 Å². The fourth-order valence-electron chi connectivity index (χ4n) is 0.493. The first-order chi connectivity index (χ1) is 4.22. The van der Waals surface area contributed by atoms with Crippen LogP contribution in [0.2, 0.25) is 0 Å². The molecule has 0 amide bonds. The molecule has 0 fully saturated rings. The maximum atomic E-state index is 10.6. The molecule has 0 aliphatic carbocycles. The summed E-state index contributed by atoms with van der Waals surface area (Å²) >= 11 is 1.14. The van der Waals surface area contributed by atoms with E-state index in [-0.39, 0.29) is 16.9 Å². The van der Waals surface area contributed by atoms with Gasteiger partial charge >= 0.3 is 0 Å². The Labute approximate surface area is 55.5 Å². The zero-order chi connectivity index (χ0) is 6.85. The first-order valence-electron chi connectivity index (χ1n) is 2.39. The summed E-state index contributed by atoms with van der Waals surface area (Å²) in [4.78, 5) is 21.1. The number of hydrogen-bond donors (Lipinski definition) is 1. The van der Waals surface area contributed by atoms with Crippen LogP contribution in [0.1, 0.15) is 17.3 Å². The molecule has 0 saturated carbocycles. The summed E-state index contributed by atoms with van der Waals surface area (Å²) in [5, 5.41) is 1.52. The van der Waals surface area contributed by atoms with Crippen LogP contribution in [0.3, 0.4) is 0 Å². The smallest absolute Gasteiger partial charge is 0.268 e. The molecule has 0 radical (unpaired) electrons. The van der Waals surface area contributed by atoms with Crippen LogP contribution < -0.4 is 5.56 Å². The van der Waals surface area contributed by atoms with Crippen molar-refractivity contribution in [2.45, 2.75) is 6.92 Å². The van der Waals surface area contributed by atoms with Gasteiger partial charge in [-0.15, -0.1) is 0 Å². The maximum Gasteiger partial charge on any atom is 0.268 e. The predicted octanol–water partition coefficient (Wildman–Crippen LogP) is 0.639. The van der Waals surface area contributed by atoms with Crippen molar-refractivity contribution in [1.82, 2.24) is 4.37 Å². The highest BCUT2D eigenvalue weighted by Crippen LogP contribution is 1.94. The summed E-state index contributed by atoms with van der Waals surface area (Å²) in [7, 11) is 0. The normalized spacial score (nSPS) is 9.44. The molecule has 0 saturated heterocycles. The van der Waals surface area contributed by atoms with Gasteiger partial charge in [-0.05, 0) is 6.92 Å². The van der Waals surface area contributed by atoms with Gasteiger partial charge in [-0.3, -0.25) is 14.0 Å². The molecule has 0 bridgehead atoms. The average molecular weight is 143 g/mol. The molecule has 3 nitrogen and oxygen atoms in total. The van der Waals surface area contributed by atoms with Crippen LogP contribution in [0.4, 0.5) is 0 Å². The number of H-pyrrole nitrogens is 1. The first-order valence-corrected chi connectivity index (χ1v) is 3.27. The van der Waals surface area contributed by atoms with Crippen molar-refractivity contribution >= 4 is 17.3 Å². The Morgan fingerprint density at radius 2 is 2.44 bits per heavy atom. The van der Waals surface area contributed by atoms with E-state index in [1.165, 1.54) is 12.3 Å². The Balaban J connectivity index is 3.24. The minimum atomic E-state index is -0.285. The summed E-state index contributed by atoms with van der Waals surface area (Å²) in [6.07, 6.45) is 0. The number of aromatic nitrogens is 1. The second kappa shape index (κ2) is 2.14. The molecule has 48 valence electrons. The molecule has 0 atom stereocenters. The van der Waals surface area contributed by atoms with Crippen LogP contribution in [0.5, 0.6) is 0 Å². The molecule has 9 heavy (non-hydrogen) atoms. The summed E-state index contributed by atoms with van der Waals surface area (Å²) in [5.41, 5.74) is -0.0347. The van der Waals surface area contributed by atoms with Gasteiger partial charge in [0.2, 0.25) is 0 Å². The number of nitrogens with one attached hydrogen (secondary N) is 1. The highest BCUT2D eigenvalue weighted by Gasteiger charge is 2.03. The first kappa shape index (κ1) is 6.22. The van der Waals surface area contributed by atoms with Gasteiger partial charge in [0.15, 0.2) is 5.78 Å². The van der Waals surface area contributed by atoms with Gasteiger partial charge < -0.3 is 0 Å². The number of hydrogen-bond acceptors (Lipinski definition) is 3. The third kappa shape index (κ3) is 1.08. The third-order valence-electron chi connectivity index (χ3n) is 0.952. The fraction of sp³-hybridized carbons (Fsp3) is 0.200. The summed E-state index contributed by atoms with van der Waals surface area (Å²) < 4.78 is 2.42. The summed E-state index contributed by atoms with van der Waals surface area (Å²) in [5.74, 6) is -0.183. The van der Waals surface area contributed by atoms with Gasteiger partial charge in [-0.25, -0.2) is 0 Å². The Bertz CT molecular complexity index is 272. The lowest BCUT2D eigenvalue weighted by molar-refractivity contribution is 0.101. The second-order valence-electron chi connectivity index (χ2n) is 1.64. The van der Waals surface area contributed by atoms with E-state index in [0.717, 1.165) is 11.5 Å². The van der Waals surface area contributed by atoms with E-state index in [2.05, 4.69) is 4.37 Å². The molecule has 1 heterocycles. The molecule has 0 spiro atoms. The van der Waals surface area contributed by atoms with E-state index < -0.39 is 0 Å². The van der Waals surface area contributed by atoms with Crippen LogP contribution in [0.25, 0.3) is 0 Å². The summed E-state index contributed by atoms with van der Waals surface area (Å²) in [6.45, 7) is 1.37. The Morgan fingerprint density at radius 3 is 2.67 bits per heavy atom. The molecular weight excluding hydrogens is 138 g/mol. The number of aromatic amines is 1. The van der Waals surface area contributed by atoms with E-state index in [1.54, 1.807) is 0 Å². The van der Waals surface area contributed by atoms with Crippen molar-refractivity contribution in [3.63, 3.8) is 0 Å². The number of Topliss-reactive ketones (excluding diaryl/α,β-unsaturated/α-hetero) is 1. The second-order valence-corrected chi connectivity index (χ2v) is 2.31. The molecule has 1 aromatic heterocycles. The van der Waals surface area contributed by atoms with Gasteiger partial charge in [0.05, 0.1) is 5.56 Å². The van der Waals surface area contributed by atoms with Crippen LogP contribution in [0.15, 0.2) is 10.2 Å². The van der Waals surface area contributed by atoms with Gasteiger partial charge in [-0.1, -0.05) is 11.5 Å². The van der Waals surface area contributed by atoms with Crippen LogP contribution >= 0.6 is 11.5 Å². The van der Waals surface area contributed by atoms with Crippen LogP contribution in [-0.4, -0.2) is 10.2 Å². The van der Waals surface area contributed by atoms with Gasteiger partial charge in [0.1, 0.15) is 0 Å². The Hall–Kier alpha value is -0.900. The zero-order valence-electron chi connectivity index (χ0n) is 4.80. The minimum Gasteiger partial charge on any atom is -0.294 e. The molecule has 0 aliphatic heterocycles. The van der Waals surface area contributed by atoms with Crippen LogP contribution in [-0.2, 0) is 0 Å². The number of carbonyl (C=O) groups is 1. The molecule has 1 aromatic rings. The van der Waals surface area contributed by atoms with Crippen molar-refractivity contribution in [3.8, 4) is 0 Å². The van der Waals surface area contributed by atoms with E-state index in [0.29, 0.717) is 0 Å². The number of ketones is 1. The monoisotopic (exact) mass is 143 g/mol. The van der Waals surface area contributed by atoms with E-state index in [1.807, 2.05) is 0 Å². The van der Waals surface area contributed by atoms with Crippen molar-refractivity contribution in [1.29, 1.82) is 0 Å². The number of rotatable bonds is 1. The molecule has 1 N–H and O–H groups in total. The van der Waals surface area contributed by atoms with Gasteiger partial charge in [0.25, 0.3) is 5.56 Å². The van der Waals surface area contributed by atoms with Crippen molar-refractivity contribution in [3.05, 3.63) is 21.3 Å². The van der Waals surface area contributed by atoms with E-state index in [9.17, 15) is 9.59 Å². The lowest BCUT2D eigenvalue weighted by atomic mass is 10.3. The highest BCUT2D eigenvalue weighted by atomic mass is 32.1. The topological polar surface area (TPSA) is 49.9 Å². The molecule has 4 heteroatoms. The average Bonchev–Trinajstić information content (AvgIpc) is 2.13. The van der Waals surface area contributed by atoms with Gasteiger partial charge in [-0.2, -0.15) is 0 Å². The summed E-state index contributed by atoms with van der Waals surface area (Å²) in [6, 6.07) is 0. The standard InChI is InChI=1S/C5H5NO2S/c1-3(7)4-2-9-6-5(4)8/h2H,1H3,(H,6,8). The highest BCUT2D eigenvalue weighted by molar-refractivity contribution is 7.03. The molecule has 0 unspecified atom stereocenters. The molecule has 1 rings (SSSR count). The zero-order valence-corrected chi connectivity index (χ0v) is 5.62. The Kier molecular flexibility index (Phi) is 1.48. The van der Waals surface area contributed by atoms with Gasteiger partial charge in [0, 0.05) is 5.38 Å². The third-order valence-corrected chi connectivity index (χ3v) is 1.61. The fourth-order valence-corrected chi connectivity index (χ4v) is 1.16. The van der Waals surface area contributed by atoms with E-state index in [4.69, 9.17) is 0 Å². The quantitative estimate of drug-likeness (QED) is 0.586. The molecule has 0 aromatic carbocycles. The molecule has 0 aliphatic rings. The Morgan fingerprint density at radius 1 is 1.78 bits per heavy atom. The predicted molar refractivity (Wildman–Crippen MR) is 34.9 cm³/mol. The SMILES string of the molecule is CC(=O)c1cs[nH]c1=O. The largest absolute Gasteiger partial charge is 0.294 e. The maximum absolute atomic E-state index is 10.6.